The number of anilines is 1. The van der Waals surface area contributed by atoms with Gasteiger partial charge in [0.2, 0.25) is 5.69 Å². The van der Waals surface area contributed by atoms with Crippen LogP contribution >= 0.6 is 0 Å². The normalized spacial score (nSPS) is 20.4. The van der Waals surface area contributed by atoms with Crippen LogP contribution in [-0.4, -0.2) is 23.9 Å². The summed E-state index contributed by atoms with van der Waals surface area (Å²) < 4.78 is 2.37. The van der Waals surface area contributed by atoms with Gasteiger partial charge in [-0.3, -0.25) is 0 Å². The van der Waals surface area contributed by atoms with Crippen LogP contribution in [0.3, 0.4) is 0 Å². The molecule has 3 nitrogen and oxygen atoms in total. The summed E-state index contributed by atoms with van der Waals surface area (Å²) in [6.07, 6.45) is 3.92. The first-order valence-corrected chi connectivity index (χ1v) is 9.69. The monoisotopic (exact) mass is 356 g/mol. The van der Waals surface area contributed by atoms with Crippen molar-refractivity contribution in [3.63, 3.8) is 0 Å². The number of hydrogen-bond acceptors (Lipinski definition) is 2. The Morgan fingerprint density at radius 3 is 2.74 bits per heavy atom. The van der Waals surface area contributed by atoms with Crippen molar-refractivity contribution in [2.45, 2.75) is 39.0 Å². The van der Waals surface area contributed by atoms with Gasteiger partial charge in [-0.15, -0.1) is 0 Å². The lowest BCUT2D eigenvalue weighted by atomic mass is 9.82. The van der Waals surface area contributed by atoms with Crippen LogP contribution in [0.5, 0.6) is 0 Å². The number of benzene rings is 2. The minimum absolute atomic E-state index is 0.0775. The molecule has 0 radical (unpaired) electrons. The summed E-state index contributed by atoms with van der Waals surface area (Å²) in [6.45, 7) is 8.55. The van der Waals surface area contributed by atoms with E-state index in [1.807, 2.05) is 0 Å². The van der Waals surface area contributed by atoms with E-state index >= 15 is 0 Å². The maximum atomic E-state index is 9.16. The van der Waals surface area contributed by atoms with Crippen LogP contribution in [0.25, 0.3) is 0 Å². The molecule has 0 saturated heterocycles. The van der Waals surface area contributed by atoms with Crippen LogP contribution in [0.15, 0.2) is 59.8 Å². The SMILES string of the molecule is C/C(C=[N+]1CCc2ccccc21)=C1/N(CCC#N)c2ccccc2C1(C)C. The zero-order valence-corrected chi connectivity index (χ0v) is 16.4. The van der Waals surface area contributed by atoms with E-state index in [0.717, 1.165) is 19.5 Å². The number of fused-ring (bicyclic) bond motifs is 2. The molecule has 0 fully saturated rings. The van der Waals surface area contributed by atoms with Gasteiger partial charge in [-0.05, 0) is 18.6 Å². The van der Waals surface area contributed by atoms with Gasteiger partial charge in [0.1, 0.15) is 0 Å². The summed E-state index contributed by atoms with van der Waals surface area (Å²) >= 11 is 0. The third kappa shape index (κ3) is 2.86. The molecule has 2 heterocycles. The van der Waals surface area contributed by atoms with Gasteiger partial charge in [-0.1, -0.05) is 50.2 Å². The average molecular weight is 356 g/mol. The van der Waals surface area contributed by atoms with E-state index in [-0.39, 0.29) is 5.41 Å². The van der Waals surface area contributed by atoms with E-state index < -0.39 is 0 Å². The van der Waals surface area contributed by atoms with Crippen molar-refractivity contribution in [3.8, 4) is 6.07 Å². The first kappa shape index (κ1) is 17.5. The van der Waals surface area contributed by atoms with E-state index in [4.69, 9.17) is 5.26 Å². The Balaban J connectivity index is 1.83. The summed E-state index contributed by atoms with van der Waals surface area (Å²) in [7, 11) is 0. The maximum Gasteiger partial charge on any atom is 0.208 e. The molecule has 0 aromatic heterocycles. The lowest BCUT2D eigenvalue weighted by Gasteiger charge is -2.27. The van der Waals surface area contributed by atoms with E-state index in [9.17, 15) is 0 Å². The van der Waals surface area contributed by atoms with Crippen molar-refractivity contribution in [1.82, 2.24) is 0 Å². The highest BCUT2D eigenvalue weighted by Crippen LogP contribution is 2.48. The van der Waals surface area contributed by atoms with E-state index in [2.05, 4.69) is 91.1 Å². The lowest BCUT2D eigenvalue weighted by molar-refractivity contribution is -0.423. The second-order valence-electron chi connectivity index (χ2n) is 7.93. The molecular weight excluding hydrogens is 330 g/mol. The zero-order chi connectivity index (χ0) is 19.0. The summed E-state index contributed by atoms with van der Waals surface area (Å²) in [5.74, 6) is 0. The van der Waals surface area contributed by atoms with Crippen LogP contribution in [0.1, 0.15) is 38.3 Å². The molecule has 2 aromatic rings. The van der Waals surface area contributed by atoms with E-state index in [1.165, 1.54) is 33.8 Å². The molecule has 0 N–H and O–H groups in total. The third-order valence-electron chi connectivity index (χ3n) is 5.82. The summed E-state index contributed by atoms with van der Waals surface area (Å²) in [4.78, 5) is 2.35. The molecule has 27 heavy (non-hydrogen) atoms. The fraction of sp³-hybridized carbons (Fsp3) is 0.333. The molecule has 3 heteroatoms. The summed E-state index contributed by atoms with van der Waals surface area (Å²) in [5.41, 5.74) is 7.81. The minimum Gasteiger partial charge on any atom is -0.342 e. The summed E-state index contributed by atoms with van der Waals surface area (Å²) in [5, 5.41) is 9.16. The zero-order valence-electron chi connectivity index (χ0n) is 16.4. The predicted molar refractivity (Wildman–Crippen MR) is 111 cm³/mol. The van der Waals surface area contributed by atoms with Crippen molar-refractivity contribution < 1.29 is 4.58 Å². The van der Waals surface area contributed by atoms with E-state index in [0.29, 0.717) is 6.42 Å². The topological polar surface area (TPSA) is 30.0 Å². The van der Waals surface area contributed by atoms with Gasteiger partial charge in [-0.2, -0.15) is 9.84 Å². The van der Waals surface area contributed by atoms with Crippen molar-refractivity contribution in [2.24, 2.45) is 0 Å². The Bertz CT molecular complexity index is 989. The van der Waals surface area contributed by atoms with Gasteiger partial charge in [-0.25, -0.2) is 0 Å². The number of rotatable bonds is 3. The Hall–Kier alpha value is -2.86. The standard InChI is InChI=1S/C24H26N3/c1-18(17-26-16-13-19-9-4-6-11-21(19)26)23-24(2,3)20-10-5-7-12-22(20)27(23)15-8-14-25/h4-7,9-12,17H,8,13,15-16H2,1-3H3/q+1. The molecule has 0 amide bonds. The second kappa shape index (κ2) is 6.70. The van der Waals surface area contributed by atoms with Crippen LogP contribution in [0.2, 0.25) is 0 Å². The molecular formula is C24H26N3+. The minimum atomic E-state index is -0.0775. The van der Waals surface area contributed by atoms with Crippen LogP contribution in [-0.2, 0) is 11.8 Å². The Labute approximate surface area is 161 Å². The van der Waals surface area contributed by atoms with Crippen LogP contribution in [0.4, 0.5) is 11.4 Å². The average Bonchev–Trinajstić information content (AvgIpc) is 3.17. The Kier molecular flexibility index (Phi) is 4.36. The van der Waals surface area contributed by atoms with Gasteiger partial charge in [0.25, 0.3) is 0 Å². The quantitative estimate of drug-likeness (QED) is 0.729. The molecule has 0 bridgehead atoms. The molecule has 2 aliphatic rings. The molecule has 2 aliphatic heterocycles. The number of para-hydroxylation sites is 2. The largest absolute Gasteiger partial charge is 0.342 e. The molecule has 0 atom stereocenters. The smallest absolute Gasteiger partial charge is 0.208 e. The van der Waals surface area contributed by atoms with Crippen molar-refractivity contribution >= 4 is 17.6 Å². The fourth-order valence-electron chi connectivity index (χ4n) is 4.72. The number of nitrogens with zero attached hydrogens (tertiary/aromatic N) is 3. The van der Waals surface area contributed by atoms with E-state index in [1.54, 1.807) is 0 Å². The molecule has 4 rings (SSSR count). The van der Waals surface area contributed by atoms with Crippen molar-refractivity contribution in [1.29, 1.82) is 5.26 Å². The van der Waals surface area contributed by atoms with Gasteiger partial charge in [0, 0.05) is 47.0 Å². The molecule has 0 saturated carbocycles. The maximum absolute atomic E-state index is 9.16. The van der Waals surface area contributed by atoms with Gasteiger partial charge >= 0.3 is 0 Å². The van der Waals surface area contributed by atoms with Crippen molar-refractivity contribution in [3.05, 3.63) is 70.9 Å². The number of allylic oxidation sites excluding steroid dienone is 2. The van der Waals surface area contributed by atoms with Gasteiger partial charge < -0.3 is 4.90 Å². The third-order valence-corrected chi connectivity index (χ3v) is 5.82. The van der Waals surface area contributed by atoms with Gasteiger partial charge in [0.15, 0.2) is 12.8 Å². The van der Waals surface area contributed by atoms with Crippen LogP contribution < -0.4 is 4.90 Å². The molecule has 2 aromatic carbocycles. The highest BCUT2D eigenvalue weighted by atomic mass is 15.2. The molecule has 0 unspecified atom stereocenters. The lowest BCUT2D eigenvalue weighted by Crippen LogP contribution is -2.29. The number of hydrogen-bond donors (Lipinski definition) is 0. The predicted octanol–water partition coefficient (Wildman–Crippen LogP) is 4.94. The first-order valence-electron chi connectivity index (χ1n) is 9.69. The van der Waals surface area contributed by atoms with Gasteiger partial charge in [0.05, 0.1) is 12.5 Å². The van der Waals surface area contributed by atoms with Crippen LogP contribution in [0, 0.1) is 11.3 Å². The Morgan fingerprint density at radius 2 is 1.93 bits per heavy atom. The molecule has 136 valence electrons. The highest BCUT2D eigenvalue weighted by Gasteiger charge is 2.41. The Morgan fingerprint density at radius 1 is 1.19 bits per heavy atom. The highest BCUT2D eigenvalue weighted by molar-refractivity contribution is 5.82. The fourth-order valence-corrected chi connectivity index (χ4v) is 4.72. The first-order chi connectivity index (χ1) is 13.0. The number of nitriles is 1. The molecule has 0 spiro atoms. The van der Waals surface area contributed by atoms with Crippen molar-refractivity contribution in [2.75, 3.05) is 18.0 Å². The second-order valence-corrected chi connectivity index (χ2v) is 7.93. The molecule has 0 aliphatic carbocycles. The summed E-state index contributed by atoms with van der Waals surface area (Å²) in [6, 6.07) is 19.6.